The van der Waals surface area contributed by atoms with Crippen molar-refractivity contribution in [3.63, 3.8) is 0 Å². The molecule has 12 rings (SSSR count). The molecule has 7 aromatic rings. The minimum Gasteiger partial charge on any atom is -0.470 e. The largest absolute Gasteiger partial charge is 0.470 e. The molecule has 1 aromatic heterocycles. The topological polar surface area (TPSA) is 16.4 Å². The summed E-state index contributed by atoms with van der Waals surface area (Å²) in [6.07, 6.45) is 9.03. The highest BCUT2D eigenvalue weighted by atomic mass is 16.3. The zero-order valence-electron chi connectivity index (χ0n) is 45.0. The second-order valence-electron chi connectivity index (χ2n) is 26.9. The van der Waals surface area contributed by atoms with Crippen molar-refractivity contribution in [2.75, 3.05) is 4.90 Å². The van der Waals surface area contributed by atoms with Crippen LogP contribution in [0.3, 0.4) is 0 Å². The zero-order valence-corrected chi connectivity index (χ0v) is 45.0. The highest BCUT2D eigenvalue weighted by molar-refractivity contribution is 6.98. The Balaban J connectivity index is 1.21. The van der Waals surface area contributed by atoms with E-state index in [2.05, 4.69) is 205 Å². The molecule has 1 atom stereocenters. The van der Waals surface area contributed by atoms with Gasteiger partial charge in [-0.1, -0.05) is 161 Å². The van der Waals surface area contributed by atoms with Crippen LogP contribution in [0.25, 0.3) is 22.1 Å². The highest BCUT2D eigenvalue weighted by Crippen LogP contribution is 2.54. The lowest BCUT2D eigenvalue weighted by atomic mass is 9.34. The van der Waals surface area contributed by atoms with Crippen molar-refractivity contribution >= 4 is 51.3 Å². The summed E-state index contributed by atoms with van der Waals surface area (Å²) < 4.78 is 7.90. The van der Waals surface area contributed by atoms with Gasteiger partial charge in [-0.25, -0.2) is 0 Å². The predicted octanol–water partition coefficient (Wildman–Crippen LogP) is 16.1. The summed E-state index contributed by atoms with van der Waals surface area (Å²) in [5.74, 6) is 0.113. The Morgan fingerprint density at radius 2 is 1.09 bits per heavy atom. The highest BCUT2D eigenvalue weighted by Gasteiger charge is 2.48. The fourth-order valence-electron chi connectivity index (χ4n) is 14.5. The maximum atomic E-state index is 7.90. The summed E-state index contributed by atoms with van der Waals surface area (Å²) in [5.41, 5.74) is 27.8. The number of anilines is 3. The molecule has 3 heteroatoms. The van der Waals surface area contributed by atoms with Crippen LogP contribution >= 0.6 is 0 Å². The Morgan fingerprint density at radius 1 is 0.514 bits per heavy atom. The molecule has 0 spiro atoms. The first-order valence-electron chi connectivity index (χ1n) is 27.0. The Hall–Kier alpha value is -5.28. The van der Waals surface area contributed by atoms with Gasteiger partial charge in [-0.05, 0) is 206 Å². The van der Waals surface area contributed by atoms with Gasteiger partial charge < -0.3 is 9.32 Å². The van der Waals surface area contributed by atoms with Crippen LogP contribution in [-0.4, -0.2) is 6.71 Å². The Labute approximate surface area is 420 Å². The Bertz CT molecular complexity index is 3320. The number of furan rings is 1. The molecule has 0 radical (unpaired) electrons. The first-order valence-corrected chi connectivity index (χ1v) is 27.0. The van der Waals surface area contributed by atoms with Crippen molar-refractivity contribution in [3.8, 4) is 11.1 Å². The molecule has 0 saturated carbocycles. The van der Waals surface area contributed by atoms with E-state index in [0.717, 1.165) is 24.1 Å². The maximum Gasteiger partial charge on any atom is 0.292 e. The molecular formula is C67H76BNO. The van der Waals surface area contributed by atoms with E-state index in [4.69, 9.17) is 4.42 Å². The lowest BCUT2D eigenvalue weighted by Crippen LogP contribution is -2.60. The number of aryl methyl sites for hydroxylation is 3. The van der Waals surface area contributed by atoms with E-state index in [1.807, 2.05) is 0 Å². The smallest absolute Gasteiger partial charge is 0.292 e. The fourth-order valence-corrected chi connectivity index (χ4v) is 14.5. The second-order valence-corrected chi connectivity index (χ2v) is 26.9. The molecule has 3 heterocycles. The third-order valence-corrected chi connectivity index (χ3v) is 19.3. The number of fused-ring (bicyclic) bond motifs is 9. The molecule has 0 saturated heterocycles. The molecule has 70 heavy (non-hydrogen) atoms. The normalized spacial score (nSPS) is 21.6. The van der Waals surface area contributed by atoms with E-state index in [1.54, 1.807) is 0 Å². The van der Waals surface area contributed by atoms with Crippen LogP contribution in [0.5, 0.6) is 0 Å². The molecular weight excluding hydrogens is 846 g/mol. The molecule has 0 amide bonds. The van der Waals surface area contributed by atoms with Crippen LogP contribution in [0.1, 0.15) is 195 Å². The standard InChI is InChI=1S/C67H76BNO/c1-40-20-23-45(42-18-16-15-17-19-42)47(33-40)46-24-21-43-32-41(2)34-57-60(43)68(61-59(46)48-36-51-54(39-58(48)70-61)67(13,14)31-28-64(51,7)8)55-37-52-53(66(11,12)30-29-65(52,9)10)38-56(55)69(57)44-22-25-49-50(35-44)63(5,6)27-26-62(49,3)4/h15-20,22-23,25,32-39,46H,21,24,26-31H2,1-14H3/t46-/m1/s1. The zero-order chi connectivity index (χ0) is 49.2. The molecule has 358 valence electrons. The molecule has 6 aromatic carbocycles. The third kappa shape index (κ3) is 6.85. The quantitative estimate of drug-likeness (QED) is 0.164. The van der Waals surface area contributed by atoms with Gasteiger partial charge in [-0.15, -0.1) is 0 Å². The fraction of sp³-hybridized carbons (Fsp3) is 0.433. The first-order chi connectivity index (χ1) is 33.0. The van der Waals surface area contributed by atoms with Crippen LogP contribution in [-0.2, 0) is 38.9 Å². The van der Waals surface area contributed by atoms with Gasteiger partial charge >= 0.3 is 0 Å². The van der Waals surface area contributed by atoms with E-state index in [9.17, 15) is 0 Å². The van der Waals surface area contributed by atoms with Crippen molar-refractivity contribution in [1.82, 2.24) is 0 Å². The van der Waals surface area contributed by atoms with Crippen molar-refractivity contribution in [2.24, 2.45) is 0 Å². The summed E-state index contributed by atoms with van der Waals surface area (Å²) >= 11 is 0. The number of hydrogen-bond acceptors (Lipinski definition) is 2. The monoisotopic (exact) mass is 922 g/mol. The SMILES string of the molecule is Cc1ccc(-c2ccccc2)c([C@H]2CCc3cc(C)cc4c3B(c3cc5c(cc3N4c3ccc4c(c3)C(C)(C)CCC4(C)C)C(C)(C)CCC5(C)C)c3oc4cc5c(cc4c32)C(C)(C)CCC5(C)C)c1. The van der Waals surface area contributed by atoms with Crippen molar-refractivity contribution in [1.29, 1.82) is 0 Å². The van der Waals surface area contributed by atoms with Gasteiger partial charge in [0.1, 0.15) is 5.58 Å². The van der Waals surface area contributed by atoms with E-state index in [0.29, 0.717) is 0 Å². The summed E-state index contributed by atoms with van der Waals surface area (Å²) in [5, 5.41) is 1.31. The molecule has 0 bridgehead atoms. The predicted molar refractivity (Wildman–Crippen MR) is 299 cm³/mol. The van der Waals surface area contributed by atoms with Gasteiger partial charge in [-0.3, -0.25) is 0 Å². The van der Waals surface area contributed by atoms with Gasteiger partial charge in [0, 0.05) is 28.4 Å². The minimum atomic E-state index is -0.0933. The number of rotatable bonds is 3. The van der Waals surface area contributed by atoms with Crippen LogP contribution in [0, 0.1) is 13.8 Å². The molecule has 0 N–H and O–H groups in total. The molecule has 2 nitrogen and oxygen atoms in total. The van der Waals surface area contributed by atoms with Gasteiger partial charge in [0.05, 0.1) is 5.66 Å². The number of benzene rings is 6. The van der Waals surface area contributed by atoms with Gasteiger partial charge in [-0.2, -0.15) is 0 Å². The number of hydrogen-bond donors (Lipinski definition) is 0. The average Bonchev–Trinajstić information content (AvgIpc) is 3.66. The van der Waals surface area contributed by atoms with Gasteiger partial charge in [0.15, 0.2) is 0 Å². The van der Waals surface area contributed by atoms with E-state index < -0.39 is 0 Å². The van der Waals surface area contributed by atoms with E-state index in [-0.39, 0.29) is 45.1 Å². The van der Waals surface area contributed by atoms with E-state index >= 15 is 0 Å². The average molecular weight is 922 g/mol. The first kappa shape index (κ1) is 45.8. The lowest BCUT2D eigenvalue weighted by molar-refractivity contribution is 0.332. The number of nitrogens with zero attached hydrogens (tertiary/aromatic N) is 1. The summed E-state index contributed by atoms with van der Waals surface area (Å²) in [6, 6.07) is 41.5. The van der Waals surface area contributed by atoms with E-state index in [1.165, 1.54) is 144 Å². The summed E-state index contributed by atoms with van der Waals surface area (Å²) in [4.78, 5) is 2.72. The summed E-state index contributed by atoms with van der Waals surface area (Å²) in [7, 11) is 0. The van der Waals surface area contributed by atoms with Crippen molar-refractivity contribution in [2.45, 2.75) is 187 Å². The molecule has 2 aliphatic heterocycles. The molecule has 5 aliphatic rings. The second kappa shape index (κ2) is 15.1. The lowest BCUT2D eigenvalue weighted by Gasteiger charge is -2.46. The Kier molecular flexibility index (Phi) is 9.91. The van der Waals surface area contributed by atoms with Crippen LogP contribution in [0.15, 0.2) is 108 Å². The molecule has 0 unspecified atom stereocenters. The van der Waals surface area contributed by atoms with Crippen LogP contribution < -0.4 is 21.5 Å². The third-order valence-electron chi connectivity index (χ3n) is 19.3. The summed E-state index contributed by atoms with van der Waals surface area (Å²) in [6.45, 7) is 34.3. The van der Waals surface area contributed by atoms with Crippen LogP contribution in [0.2, 0.25) is 0 Å². The molecule has 3 aliphatic carbocycles. The Morgan fingerprint density at radius 3 is 1.73 bits per heavy atom. The van der Waals surface area contributed by atoms with Gasteiger partial charge in [0.2, 0.25) is 0 Å². The van der Waals surface area contributed by atoms with Crippen molar-refractivity contribution < 1.29 is 4.42 Å². The maximum absolute atomic E-state index is 7.90. The van der Waals surface area contributed by atoms with Gasteiger partial charge in [0.25, 0.3) is 6.71 Å². The molecule has 0 fully saturated rings. The van der Waals surface area contributed by atoms with Crippen molar-refractivity contribution in [3.05, 3.63) is 164 Å². The van der Waals surface area contributed by atoms with Crippen LogP contribution in [0.4, 0.5) is 17.1 Å². The minimum absolute atomic E-state index is 0.0335.